The maximum Gasteiger partial charge on any atom is 0.150 e. The van der Waals surface area contributed by atoms with Gasteiger partial charge in [0, 0.05) is 8.96 Å². The predicted molar refractivity (Wildman–Crippen MR) is 72.9 cm³/mol. The van der Waals surface area contributed by atoms with E-state index in [1.807, 2.05) is 0 Å². The molecule has 0 aliphatic carbocycles. The summed E-state index contributed by atoms with van der Waals surface area (Å²) in [4.78, 5) is 1.21. The van der Waals surface area contributed by atoms with Gasteiger partial charge in [-0.1, -0.05) is 0 Å². The van der Waals surface area contributed by atoms with Crippen LogP contribution in [0.4, 0.5) is 0 Å². The van der Waals surface area contributed by atoms with Crippen molar-refractivity contribution in [3.63, 3.8) is 0 Å². The first kappa shape index (κ1) is 10.6. The van der Waals surface area contributed by atoms with E-state index in [1.54, 1.807) is 30.2 Å². The fourth-order valence-electron chi connectivity index (χ4n) is 1.39. The molecule has 4 heteroatoms. The van der Waals surface area contributed by atoms with Gasteiger partial charge in [-0.25, -0.2) is 0 Å². The average Bonchev–Trinajstić information content (AvgIpc) is 2.66. The summed E-state index contributed by atoms with van der Waals surface area (Å²) in [6.45, 7) is 0. The molecule has 74 valence electrons. The van der Waals surface area contributed by atoms with Crippen molar-refractivity contribution in [1.82, 2.24) is 0 Å². The molecule has 0 fully saturated rings. The fraction of sp³-hybridized carbons (Fsp3) is 0.200. The standard InChI is InChI=1S/C10H9IOS2/c1-12-9-8(13-2)5-7(11)6-3-4-14-10(6)9/h3-5H,1-2H3. The van der Waals surface area contributed by atoms with Crippen LogP contribution in [0.15, 0.2) is 22.4 Å². The number of ether oxygens (including phenoxy) is 1. The van der Waals surface area contributed by atoms with Gasteiger partial charge in [-0.05, 0) is 46.4 Å². The van der Waals surface area contributed by atoms with Crippen LogP contribution in [0.25, 0.3) is 10.1 Å². The Morgan fingerprint density at radius 3 is 2.93 bits per heavy atom. The van der Waals surface area contributed by atoms with Gasteiger partial charge in [-0.3, -0.25) is 0 Å². The molecule has 1 aromatic carbocycles. The normalized spacial score (nSPS) is 10.8. The lowest BCUT2D eigenvalue weighted by Crippen LogP contribution is -1.87. The molecule has 0 aliphatic rings. The van der Waals surface area contributed by atoms with E-state index in [4.69, 9.17) is 4.74 Å². The molecule has 0 saturated carbocycles. The Balaban J connectivity index is 2.82. The second kappa shape index (κ2) is 4.28. The summed E-state index contributed by atoms with van der Waals surface area (Å²) >= 11 is 5.84. The van der Waals surface area contributed by atoms with E-state index in [9.17, 15) is 0 Å². The van der Waals surface area contributed by atoms with Gasteiger partial charge >= 0.3 is 0 Å². The molecule has 0 aliphatic heterocycles. The minimum absolute atomic E-state index is 1.02. The Morgan fingerprint density at radius 2 is 2.29 bits per heavy atom. The van der Waals surface area contributed by atoms with Crippen LogP contribution in [-0.4, -0.2) is 13.4 Å². The van der Waals surface area contributed by atoms with E-state index in [-0.39, 0.29) is 0 Å². The van der Waals surface area contributed by atoms with Crippen LogP contribution in [-0.2, 0) is 0 Å². The van der Waals surface area contributed by atoms with E-state index in [0.29, 0.717) is 0 Å². The van der Waals surface area contributed by atoms with Gasteiger partial charge in [0.25, 0.3) is 0 Å². The van der Waals surface area contributed by atoms with E-state index >= 15 is 0 Å². The maximum atomic E-state index is 5.45. The third-order valence-electron chi connectivity index (χ3n) is 2.03. The lowest BCUT2D eigenvalue weighted by atomic mass is 10.2. The molecule has 0 amide bonds. The first-order valence-electron chi connectivity index (χ1n) is 4.05. The fourth-order valence-corrected chi connectivity index (χ4v) is 4.16. The molecule has 0 unspecified atom stereocenters. The van der Waals surface area contributed by atoms with Gasteiger partial charge in [0.1, 0.15) is 5.75 Å². The summed E-state index contributed by atoms with van der Waals surface area (Å²) in [6.07, 6.45) is 2.08. The zero-order valence-electron chi connectivity index (χ0n) is 7.83. The third-order valence-corrected chi connectivity index (χ3v) is 4.58. The molecule has 0 N–H and O–H groups in total. The Labute approximate surface area is 105 Å². The zero-order valence-corrected chi connectivity index (χ0v) is 11.6. The summed E-state index contributed by atoms with van der Waals surface area (Å²) < 4.78 is 8.00. The van der Waals surface area contributed by atoms with Crippen molar-refractivity contribution in [2.75, 3.05) is 13.4 Å². The zero-order chi connectivity index (χ0) is 10.1. The quantitative estimate of drug-likeness (QED) is 0.599. The number of hydrogen-bond acceptors (Lipinski definition) is 3. The van der Waals surface area contributed by atoms with E-state index in [2.05, 4.69) is 46.4 Å². The molecule has 1 heterocycles. The van der Waals surface area contributed by atoms with Gasteiger partial charge in [0.15, 0.2) is 0 Å². The molecule has 0 saturated heterocycles. The molecule has 1 aromatic heterocycles. The van der Waals surface area contributed by atoms with Crippen LogP contribution in [0, 0.1) is 3.57 Å². The second-order valence-electron chi connectivity index (χ2n) is 2.76. The van der Waals surface area contributed by atoms with Crippen molar-refractivity contribution in [2.45, 2.75) is 4.90 Å². The highest BCUT2D eigenvalue weighted by molar-refractivity contribution is 14.1. The summed E-state index contributed by atoms with van der Waals surface area (Å²) in [6, 6.07) is 4.33. The number of thiophene rings is 1. The average molecular weight is 336 g/mol. The SMILES string of the molecule is COc1c(SC)cc(I)c2ccsc12. The topological polar surface area (TPSA) is 9.23 Å². The van der Waals surface area contributed by atoms with Crippen molar-refractivity contribution in [3.8, 4) is 5.75 Å². The van der Waals surface area contributed by atoms with Gasteiger partial charge in [-0.15, -0.1) is 23.1 Å². The van der Waals surface area contributed by atoms with Crippen LogP contribution in [0.2, 0.25) is 0 Å². The number of fused-ring (bicyclic) bond motifs is 1. The molecule has 0 radical (unpaired) electrons. The Morgan fingerprint density at radius 1 is 1.50 bits per heavy atom. The van der Waals surface area contributed by atoms with Crippen molar-refractivity contribution in [3.05, 3.63) is 21.1 Å². The van der Waals surface area contributed by atoms with Crippen molar-refractivity contribution < 1.29 is 4.74 Å². The lowest BCUT2D eigenvalue weighted by molar-refractivity contribution is 0.411. The molecule has 2 aromatic rings. The van der Waals surface area contributed by atoms with E-state index < -0.39 is 0 Å². The van der Waals surface area contributed by atoms with Crippen molar-refractivity contribution >= 4 is 55.8 Å². The minimum atomic E-state index is 1.02. The number of rotatable bonds is 2. The minimum Gasteiger partial charge on any atom is -0.494 e. The van der Waals surface area contributed by atoms with E-state index in [1.165, 1.54) is 18.6 Å². The van der Waals surface area contributed by atoms with Crippen LogP contribution in [0.3, 0.4) is 0 Å². The van der Waals surface area contributed by atoms with Gasteiger partial charge in [0.2, 0.25) is 0 Å². The molecule has 0 atom stereocenters. The summed E-state index contributed by atoms with van der Waals surface area (Å²) in [5.41, 5.74) is 0. The van der Waals surface area contributed by atoms with Gasteiger partial charge < -0.3 is 4.74 Å². The summed E-state index contributed by atoms with van der Waals surface area (Å²) in [5, 5.41) is 3.41. The highest BCUT2D eigenvalue weighted by Gasteiger charge is 2.11. The highest BCUT2D eigenvalue weighted by Crippen LogP contribution is 2.40. The second-order valence-corrected chi connectivity index (χ2v) is 5.68. The first-order chi connectivity index (χ1) is 6.77. The molecule has 0 spiro atoms. The maximum absolute atomic E-state index is 5.45. The Hall–Kier alpha value is 0.0600. The number of hydrogen-bond donors (Lipinski definition) is 0. The largest absolute Gasteiger partial charge is 0.494 e. The predicted octanol–water partition coefficient (Wildman–Crippen LogP) is 4.24. The Bertz CT molecular complexity index is 464. The van der Waals surface area contributed by atoms with Crippen molar-refractivity contribution in [2.24, 2.45) is 0 Å². The van der Waals surface area contributed by atoms with Crippen LogP contribution >= 0.6 is 45.7 Å². The van der Waals surface area contributed by atoms with Crippen molar-refractivity contribution in [1.29, 1.82) is 0 Å². The molecular weight excluding hydrogens is 327 g/mol. The number of methoxy groups -OCH3 is 1. The number of halogens is 1. The van der Waals surface area contributed by atoms with Crippen LogP contribution in [0.5, 0.6) is 5.75 Å². The molecule has 1 nitrogen and oxygen atoms in total. The molecular formula is C10H9IOS2. The van der Waals surface area contributed by atoms with Crippen LogP contribution in [0.1, 0.15) is 0 Å². The van der Waals surface area contributed by atoms with Gasteiger partial charge in [-0.2, -0.15) is 0 Å². The number of thioether (sulfide) groups is 1. The summed E-state index contributed by atoms with van der Waals surface area (Å²) in [5.74, 6) is 1.02. The van der Waals surface area contributed by atoms with Gasteiger partial charge in [0.05, 0.1) is 16.7 Å². The molecule has 14 heavy (non-hydrogen) atoms. The third kappa shape index (κ3) is 1.63. The highest BCUT2D eigenvalue weighted by atomic mass is 127. The molecule has 2 rings (SSSR count). The Kier molecular flexibility index (Phi) is 3.23. The lowest BCUT2D eigenvalue weighted by Gasteiger charge is -2.08. The molecule has 0 bridgehead atoms. The van der Waals surface area contributed by atoms with Crippen LogP contribution < -0.4 is 4.74 Å². The van der Waals surface area contributed by atoms with E-state index in [0.717, 1.165) is 5.75 Å². The summed E-state index contributed by atoms with van der Waals surface area (Å²) in [7, 11) is 1.74. The first-order valence-corrected chi connectivity index (χ1v) is 7.24. The number of benzene rings is 1. The smallest absolute Gasteiger partial charge is 0.150 e. The monoisotopic (exact) mass is 336 g/mol.